The standard InChI is InChI=1S/C15H10BrF3O/c16-13-8-11(15(17,18)19)6-7-12(13)14(9-20-14)10-4-2-1-3-5-10/h1-8H,9H2. The van der Waals surface area contributed by atoms with Crippen molar-refractivity contribution in [2.75, 3.05) is 6.61 Å². The van der Waals surface area contributed by atoms with Gasteiger partial charge in [-0.25, -0.2) is 0 Å². The molecule has 1 nitrogen and oxygen atoms in total. The molecule has 2 aromatic carbocycles. The van der Waals surface area contributed by atoms with Crippen LogP contribution in [0.2, 0.25) is 0 Å². The summed E-state index contributed by atoms with van der Waals surface area (Å²) in [6.45, 7) is 0.473. The molecule has 0 spiro atoms. The lowest BCUT2D eigenvalue weighted by Gasteiger charge is -2.16. The maximum absolute atomic E-state index is 12.7. The molecule has 2 aromatic rings. The number of rotatable bonds is 2. The number of epoxide rings is 1. The van der Waals surface area contributed by atoms with Gasteiger partial charge in [-0.15, -0.1) is 0 Å². The van der Waals surface area contributed by atoms with E-state index >= 15 is 0 Å². The van der Waals surface area contributed by atoms with Gasteiger partial charge in [-0.2, -0.15) is 13.2 Å². The molecular weight excluding hydrogens is 333 g/mol. The molecule has 0 N–H and O–H groups in total. The Labute approximate surface area is 122 Å². The van der Waals surface area contributed by atoms with Gasteiger partial charge in [0.1, 0.15) is 5.60 Å². The van der Waals surface area contributed by atoms with Gasteiger partial charge in [0.25, 0.3) is 0 Å². The van der Waals surface area contributed by atoms with Crippen LogP contribution in [0, 0.1) is 0 Å². The maximum atomic E-state index is 12.7. The molecule has 1 unspecified atom stereocenters. The van der Waals surface area contributed by atoms with Crippen molar-refractivity contribution < 1.29 is 17.9 Å². The van der Waals surface area contributed by atoms with Crippen molar-refractivity contribution in [1.29, 1.82) is 0 Å². The van der Waals surface area contributed by atoms with Gasteiger partial charge >= 0.3 is 6.18 Å². The Balaban J connectivity index is 2.04. The Bertz CT molecular complexity index is 633. The summed E-state index contributed by atoms with van der Waals surface area (Å²) in [4.78, 5) is 0. The first kappa shape index (κ1) is 13.6. The zero-order chi connectivity index (χ0) is 14.4. The van der Waals surface area contributed by atoms with E-state index in [0.29, 0.717) is 11.1 Å². The lowest BCUT2D eigenvalue weighted by atomic mass is 9.91. The van der Waals surface area contributed by atoms with Gasteiger partial charge in [0, 0.05) is 10.0 Å². The first-order valence-electron chi connectivity index (χ1n) is 6.00. The van der Waals surface area contributed by atoms with Crippen LogP contribution >= 0.6 is 15.9 Å². The molecule has 0 radical (unpaired) electrons. The average Bonchev–Trinajstić information content (AvgIpc) is 3.20. The fourth-order valence-corrected chi connectivity index (χ4v) is 2.98. The Morgan fingerprint density at radius 3 is 2.20 bits per heavy atom. The molecule has 0 aromatic heterocycles. The number of benzene rings is 2. The summed E-state index contributed by atoms with van der Waals surface area (Å²) in [6, 6.07) is 13.2. The van der Waals surface area contributed by atoms with E-state index in [1.807, 2.05) is 30.3 Å². The summed E-state index contributed by atoms with van der Waals surface area (Å²) in [5.74, 6) is 0. The molecule has 3 rings (SSSR count). The van der Waals surface area contributed by atoms with Crippen molar-refractivity contribution >= 4 is 15.9 Å². The van der Waals surface area contributed by atoms with E-state index in [-0.39, 0.29) is 0 Å². The molecule has 0 saturated carbocycles. The SMILES string of the molecule is FC(F)(F)c1ccc(C2(c3ccccc3)CO2)c(Br)c1. The van der Waals surface area contributed by atoms with Crippen LogP contribution in [0.3, 0.4) is 0 Å². The monoisotopic (exact) mass is 342 g/mol. The van der Waals surface area contributed by atoms with Crippen LogP contribution < -0.4 is 0 Å². The second-order valence-corrected chi connectivity index (χ2v) is 5.53. The molecule has 1 heterocycles. The van der Waals surface area contributed by atoms with Crippen molar-refractivity contribution in [3.05, 3.63) is 69.7 Å². The summed E-state index contributed by atoms with van der Waals surface area (Å²) in [5.41, 5.74) is 0.374. The summed E-state index contributed by atoms with van der Waals surface area (Å²) in [5, 5.41) is 0. The molecule has 1 saturated heterocycles. The minimum Gasteiger partial charge on any atom is -0.359 e. The van der Waals surface area contributed by atoms with Crippen LogP contribution in [0.1, 0.15) is 16.7 Å². The van der Waals surface area contributed by atoms with Gasteiger partial charge in [-0.3, -0.25) is 0 Å². The predicted molar refractivity (Wildman–Crippen MR) is 72.3 cm³/mol. The Kier molecular flexibility index (Phi) is 3.14. The summed E-state index contributed by atoms with van der Waals surface area (Å²) in [6.07, 6.45) is -4.34. The van der Waals surface area contributed by atoms with Gasteiger partial charge in [0.2, 0.25) is 0 Å². The number of halogens is 4. The van der Waals surface area contributed by atoms with Crippen LogP contribution in [0.15, 0.2) is 53.0 Å². The van der Waals surface area contributed by atoms with Gasteiger partial charge in [-0.1, -0.05) is 52.3 Å². The summed E-state index contributed by atoms with van der Waals surface area (Å²) >= 11 is 3.23. The number of hydrogen-bond donors (Lipinski definition) is 0. The van der Waals surface area contributed by atoms with Crippen molar-refractivity contribution in [3.63, 3.8) is 0 Å². The lowest BCUT2D eigenvalue weighted by Crippen LogP contribution is -2.13. The second kappa shape index (κ2) is 4.60. The average molecular weight is 343 g/mol. The molecule has 104 valence electrons. The van der Waals surface area contributed by atoms with Crippen LogP contribution in [0.5, 0.6) is 0 Å². The third-order valence-corrected chi connectivity index (χ3v) is 4.06. The van der Waals surface area contributed by atoms with Crippen molar-refractivity contribution in [2.24, 2.45) is 0 Å². The third kappa shape index (κ3) is 2.25. The molecule has 1 fully saturated rings. The van der Waals surface area contributed by atoms with Crippen LogP contribution in [0.4, 0.5) is 13.2 Å². The molecule has 0 amide bonds. The maximum Gasteiger partial charge on any atom is 0.416 e. The quantitative estimate of drug-likeness (QED) is 0.718. The van der Waals surface area contributed by atoms with Gasteiger partial charge in [0.05, 0.1) is 12.2 Å². The topological polar surface area (TPSA) is 12.5 Å². The molecule has 1 aliphatic heterocycles. The second-order valence-electron chi connectivity index (χ2n) is 4.67. The minimum absolute atomic E-state index is 0.411. The smallest absolute Gasteiger partial charge is 0.359 e. The zero-order valence-corrected chi connectivity index (χ0v) is 11.8. The predicted octanol–water partition coefficient (Wildman–Crippen LogP) is 4.74. The highest BCUT2D eigenvalue weighted by Crippen LogP contribution is 2.48. The normalized spacial score (nSPS) is 21.8. The fraction of sp³-hybridized carbons (Fsp3) is 0.200. The largest absolute Gasteiger partial charge is 0.416 e. The highest BCUT2D eigenvalue weighted by Gasteiger charge is 2.49. The molecule has 20 heavy (non-hydrogen) atoms. The zero-order valence-electron chi connectivity index (χ0n) is 10.2. The van der Waals surface area contributed by atoms with Gasteiger partial charge in [-0.05, 0) is 17.7 Å². The van der Waals surface area contributed by atoms with Crippen LogP contribution in [0.25, 0.3) is 0 Å². The van der Waals surface area contributed by atoms with Crippen molar-refractivity contribution in [1.82, 2.24) is 0 Å². The Hall–Kier alpha value is -1.33. The van der Waals surface area contributed by atoms with Crippen molar-refractivity contribution in [3.8, 4) is 0 Å². The Morgan fingerprint density at radius 2 is 1.70 bits per heavy atom. The Morgan fingerprint density at radius 1 is 1.05 bits per heavy atom. The first-order valence-corrected chi connectivity index (χ1v) is 6.79. The molecule has 1 atom stereocenters. The fourth-order valence-electron chi connectivity index (χ4n) is 2.28. The third-order valence-electron chi connectivity index (χ3n) is 3.40. The van der Waals surface area contributed by atoms with Gasteiger partial charge < -0.3 is 4.74 Å². The van der Waals surface area contributed by atoms with Gasteiger partial charge in [0.15, 0.2) is 0 Å². The first-order chi connectivity index (χ1) is 9.43. The van der Waals surface area contributed by atoms with Crippen LogP contribution in [-0.4, -0.2) is 6.61 Å². The van der Waals surface area contributed by atoms with E-state index in [9.17, 15) is 13.2 Å². The van der Waals surface area contributed by atoms with Crippen LogP contribution in [-0.2, 0) is 16.5 Å². The highest BCUT2D eigenvalue weighted by molar-refractivity contribution is 9.10. The summed E-state index contributed by atoms with van der Waals surface area (Å²) in [7, 11) is 0. The molecule has 5 heteroatoms. The number of alkyl halides is 3. The number of hydrogen-bond acceptors (Lipinski definition) is 1. The number of ether oxygens (including phenoxy) is 1. The van der Waals surface area contributed by atoms with E-state index < -0.39 is 17.3 Å². The lowest BCUT2D eigenvalue weighted by molar-refractivity contribution is -0.137. The molecule has 0 aliphatic carbocycles. The molecule has 1 aliphatic rings. The van der Waals surface area contributed by atoms with E-state index in [2.05, 4.69) is 15.9 Å². The van der Waals surface area contributed by atoms with E-state index in [4.69, 9.17) is 4.74 Å². The molecular formula is C15H10BrF3O. The molecule has 0 bridgehead atoms. The minimum atomic E-state index is -4.34. The van der Waals surface area contributed by atoms with E-state index in [1.165, 1.54) is 6.07 Å². The van der Waals surface area contributed by atoms with Crippen molar-refractivity contribution in [2.45, 2.75) is 11.8 Å². The van der Waals surface area contributed by atoms with E-state index in [1.54, 1.807) is 0 Å². The highest BCUT2D eigenvalue weighted by atomic mass is 79.9. The van der Waals surface area contributed by atoms with E-state index in [0.717, 1.165) is 23.3 Å². The summed E-state index contributed by atoms with van der Waals surface area (Å²) < 4.78 is 44.0.